The van der Waals surface area contributed by atoms with Crippen LogP contribution in [0.5, 0.6) is 0 Å². The number of nitro benzene ring substituents is 1. The van der Waals surface area contributed by atoms with E-state index in [1.807, 2.05) is 18.2 Å². The molecule has 10 nitrogen and oxygen atoms in total. The van der Waals surface area contributed by atoms with E-state index in [1.165, 1.54) is 11.6 Å². The average Bonchev–Trinajstić information content (AvgIpc) is 2.68. The zero-order valence-corrected chi connectivity index (χ0v) is 15.9. The first-order valence-corrected chi connectivity index (χ1v) is 9.16. The molecule has 0 atom stereocenters. The zero-order valence-electron chi connectivity index (χ0n) is 15.9. The van der Waals surface area contributed by atoms with Crippen molar-refractivity contribution in [3.05, 3.63) is 64.2 Å². The number of guanidine groups is 2. The molecule has 0 aliphatic carbocycles. The van der Waals surface area contributed by atoms with E-state index in [-0.39, 0.29) is 23.3 Å². The third-order valence-corrected chi connectivity index (χ3v) is 4.62. The topological polar surface area (TPSA) is 152 Å². The van der Waals surface area contributed by atoms with Crippen molar-refractivity contribution in [2.45, 2.75) is 6.54 Å². The van der Waals surface area contributed by atoms with Crippen LogP contribution >= 0.6 is 0 Å². The van der Waals surface area contributed by atoms with Crippen LogP contribution in [0.4, 0.5) is 17.1 Å². The van der Waals surface area contributed by atoms with E-state index in [0.29, 0.717) is 0 Å². The summed E-state index contributed by atoms with van der Waals surface area (Å²) in [5, 5.41) is 11.3. The highest BCUT2D eigenvalue weighted by Gasteiger charge is 2.20. The molecule has 1 aliphatic heterocycles. The van der Waals surface area contributed by atoms with Gasteiger partial charge in [-0.25, -0.2) is 4.99 Å². The molecule has 0 radical (unpaired) electrons. The molecule has 2 aromatic carbocycles. The van der Waals surface area contributed by atoms with Gasteiger partial charge >= 0.3 is 0 Å². The van der Waals surface area contributed by atoms with Crippen molar-refractivity contribution in [1.29, 1.82) is 0 Å². The van der Waals surface area contributed by atoms with Crippen LogP contribution in [0.1, 0.15) is 5.56 Å². The van der Waals surface area contributed by atoms with Gasteiger partial charge in [0.05, 0.1) is 4.92 Å². The molecule has 2 aromatic rings. The lowest BCUT2D eigenvalue weighted by Gasteiger charge is -2.36. The van der Waals surface area contributed by atoms with E-state index in [1.54, 1.807) is 12.1 Å². The molecule has 1 fully saturated rings. The Bertz CT molecular complexity index is 917. The SMILES string of the molecule is NC(N)=NC(N)=Nc1cc(N2CCN(Cc3ccccc3)CC2)ccc1[N+](=O)[O-]. The van der Waals surface area contributed by atoms with Crippen molar-refractivity contribution in [2.24, 2.45) is 27.2 Å². The lowest BCUT2D eigenvalue weighted by molar-refractivity contribution is -0.384. The lowest BCUT2D eigenvalue weighted by atomic mass is 10.1. The summed E-state index contributed by atoms with van der Waals surface area (Å²) in [6.07, 6.45) is 0. The van der Waals surface area contributed by atoms with Crippen LogP contribution in [0.2, 0.25) is 0 Å². The maximum absolute atomic E-state index is 11.3. The first-order chi connectivity index (χ1) is 13.9. The average molecular weight is 396 g/mol. The Morgan fingerprint density at radius 2 is 1.72 bits per heavy atom. The van der Waals surface area contributed by atoms with E-state index in [4.69, 9.17) is 17.2 Å². The Kier molecular flexibility index (Phi) is 6.25. The van der Waals surface area contributed by atoms with Gasteiger partial charge in [-0.05, 0) is 17.7 Å². The molecule has 0 bridgehead atoms. The Hall–Kier alpha value is -3.66. The molecular formula is C19H24N8O2. The summed E-state index contributed by atoms with van der Waals surface area (Å²) in [5.74, 6) is -0.502. The van der Waals surface area contributed by atoms with Gasteiger partial charge in [-0.1, -0.05) is 30.3 Å². The second kappa shape index (κ2) is 9.02. The third kappa shape index (κ3) is 5.42. The fourth-order valence-electron chi connectivity index (χ4n) is 3.24. The van der Waals surface area contributed by atoms with Gasteiger partial charge in [0, 0.05) is 44.5 Å². The molecule has 6 N–H and O–H groups in total. The Labute approximate surface area is 168 Å². The van der Waals surface area contributed by atoms with E-state index in [2.05, 4.69) is 31.9 Å². The van der Waals surface area contributed by atoms with Gasteiger partial charge < -0.3 is 22.1 Å². The zero-order chi connectivity index (χ0) is 20.8. The molecule has 10 heteroatoms. The van der Waals surface area contributed by atoms with Crippen LogP contribution in [0, 0.1) is 10.1 Å². The van der Waals surface area contributed by atoms with Crippen molar-refractivity contribution in [3.8, 4) is 0 Å². The van der Waals surface area contributed by atoms with Crippen molar-refractivity contribution in [1.82, 2.24) is 4.90 Å². The summed E-state index contributed by atoms with van der Waals surface area (Å²) >= 11 is 0. The number of hydrogen-bond donors (Lipinski definition) is 3. The minimum Gasteiger partial charge on any atom is -0.370 e. The molecule has 29 heavy (non-hydrogen) atoms. The van der Waals surface area contributed by atoms with Crippen LogP contribution in [0.25, 0.3) is 0 Å². The minimum atomic E-state index is -0.511. The van der Waals surface area contributed by atoms with Gasteiger partial charge in [-0.3, -0.25) is 15.0 Å². The number of aliphatic imine (C=N–C) groups is 2. The number of hydrogen-bond acceptors (Lipinski definition) is 5. The molecule has 0 amide bonds. The Balaban J connectivity index is 1.73. The van der Waals surface area contributed by atoms with Crippen LogP contribution in [-0.4, -0.2) is 47.9 Å². The number of benzene rings is 2. The summed E-state index contributed by atoms with van der Waals surface area (Å²) in [4.78, 5) is 23.0. The number of nitro groups is 1. The summed E-state index contributed by atoms with van der Waals surface area (Å²) in [6, 6.07) is 15.1. The Morgan fingerprint density at radius 1 is 1.03 bits per heavy atom. The fraction of sp³-hybridized carbons (Fsp3) is 0.263. The van der Waals surface area contributed by atoms with E-state index < -0.39 is 4.92 Å². The fourth-order valence-corrected chi connectivity index (χ4v) is 3.24. The van der Waals surface area contributed by atoms with Crippen LogP contribution < -0.4 is 22.1 Å². The predicted octanol–water partition coefficient (Wildman–Crippen LogP) is 1.14. The molecular weight excluding hydrogens is 372 g/mol. The second-order valence-corrected chi connectivity index (χ2v) is 6.69. The molecule has 3 rings (SSSR count). The highest BCUT2D eigenvalue weighted by molar-refractivity contribution is 5.94. The molecule has 0 saturated carbocycles. The summed E-state index contributed by atoms with van der Waals surface area (Å²) in [7, 11) is 0. The van der Waals surface area contributed by atoms with E-state index in [0.717, 1.165) is 38.4 Å². The van der Waals surface area contributed by atoms with Gasteiger partial charge in [0.2, 0.25) is 5.96 Å². The third-order valence-electron chi connectivity index (χ3n) is 4.62. The highest BCUT2D eigenvalue weighted by atomic mass is 16.6. The predicted molar refractivity (Wildman–Crippen MR) is 114 cm³/mol. The summed E-state index contributed by atoms with van der Waals surface area (Å²) in [6.45, 7) is 4.29. The van der Waals surface area contributed by atoms with Crippen molar-refractivity contribution in [2.75, 3.05) is 31.1 Å². The summed E-state index contributed by atoms with van der Waals surface area (Å²) in [5.41, 5.74) is 18.3. The van der Waals surface area contributed by atoms with Gasteiger partial charge in [0.25, 0.3) is 5.69 Å². The largest absolute Gasteiger partial charge is 0.370 e. The maximum Gasteiger partial charge on any atom is 0.295 e. The van der Waals surface area contributed by atoms with Gasteiger partial charge in [-0.15, -0.1) is 0 Å². The van der Waals surface area contributed by atoms with E-state index >= 15 is 0 Å². The molecule has 0 aromatic heterocycles. The molecule has 1 saturated heterocycles. The van der Waals surface area contributed by atoms with Gasteiger partial charge in [0.1, 0.15) is 5.69 Å². The van der Waals surface area contributed by atoms with E-state index in [9.17, 15) is 10.1 Å². The highest BCUT2D eigenvalue weighted by Crippen LogP contribution is 2.32. The first kappa shape index (κ1) is 20.1. The number of piperazine rings is 1. The summed E-state index contributed by atoms with van der Waals surface area (Å²) < 4.78 is 0. The van der Waals surface area contributed by atoms with Crippen LogP contribution in [0.15, 0.2) is 58.5 Å². The van der Waals surface area contributed by atoms with Crippen molar-refractivity contribution in [3.63, 3.8) is 0 Å². The maximum atomic E-state index is 11.3. The molecule has 0 spiro atoms. The number of rotatable bonds is 5. The standard InChI is InChI=1S/C19H24N8O2/c20-18(21)24-19(22)23-16-12-15(6-7-17(16)27(28)29)26-10-8-25(9-11-26)13-14-4-2-1-3-5-14/h1-7,12H,8-11,13H2,(H6,20,21,22,23,24). The van der Waals surface area contributed by atoms with Crippen LogP contribution in [-0.2, 0) is 6.54 Å². The minimum absolute atomic E-state index is 0.113. The van der Waals surface area contributed by atoms with Gasteiger partial charge in [-0.2, -0.15) is 4.99 Å². The molecule has 1 aliphatic rings. The van der Waals surface area contributed by atoms with Gasteiger partial charge in [0.15, 0.2) is 5.96 Å². The molecule has 152 valence electrons. The normalized spacial score (nSPS) is 15.2. The van der Waals surface area contributed by atoms with Crippen LogP contribution in [0.3, 0.4) is 0 Å². The number of nitrogens with zero attached hydrogens (tertiary/aromatic N) is 5. The lowest BCUT2D eigenvalue weighted by Crippen LogP contribution is -2.45. The monoisotopic (exact) mass is 396 g/mol. The second-order valence-electron chi connectivity index (χ2n) is 6.69. The molecule has 0 unspecified atom stereocenters. The number of anilines is 1. The first-order valence-electron chi connectivity index (χ1n) is 9.16. The number of nitrogens with two attached hydrogens (primary N) is 3. The smallest absolute Gasteiger partial charge is 0.295 e. The van der Waals surface area contributed by atoms with Crippen molar-refractivity contribution >= 4 is 29.0 Å². The van der Waals surface area contributed by atoms with Crippen molar-refractivity contribution < 1.29 is 4.92 Å². The Morgan fingerprint density at radius 3 is 2.34 bits per heavy atom. The quantitative estimate of drug-likeness (QED) is 0.296. The molecule has 1 heterocycles.